The van der Waals surface area contributed by atoms with Crippen molar-refractivity contribution in [2.45, 2.75) is 19.4 Å². The Balaban J connectivity index is 1.34. The van der Waals surface area contributed by atoms with Gasteiger partial charge in [0.25, 0.3) is 0 Å². The molecule has 5 nitrogen and oxygen atoms in total. The van der Waals surface area contributed by atoms with Crippen LogP contribution in [0.2, 0.25) is 0 Å². The lowest BCUT2D eigenvalue weighted by Crippen LogP contribution is -2.22. The molecule has 0 fully saturated rings. The maximum atomic E-state index is 12.1. The van der Waals surface area contributed by atoms with Gasteiger partial charge >= 0.3 is 0 Å². The van der Waals surface area contributed by atoms with Crippen LogP contribution in [-0.2, 0) is 17.8 Å². The van der Waals surface area contributed by atoms with E-state index in [9.17, 15) is 4.79 Å². The Morgan fingerprint density at radius 3 is 2.68 bits per heavy atom. The second-order valence-electron chi connectivity index (χ2n) is 6.53. The lowest BCUT2D eigenvalue weighted by atomic mass is 10.1. The summed E-state index contributed by atoms with van der Waals surface area (Å²) in [6, 6.07) is 19.9. The fourth-order valence-corrected chi connectivity index (χ4v) is 3.50. The smallest absolute Gasteiger partial charge is 0.220 e. The largest absolute Gasteiger partial charge is 0.352 e. The first-order valence-electron chi connectivity index (χ1n) is 9.07. The number of nitrogens with one attached hydrogen (secondary N) is 1. The first-order chi connectivity index (χ1) is 13.7. The van der Waals surface area contributed by atoms with E-state index in [2.05, 4.69) is 31.2 Å². The van der Waals surface area contributed by atoms with E-state index in [1.807, 2.05) is 65.2 Å². The molecule has 2 aromatic carbocycles. The van der Waals surface area contributed by atoms with Gasteiger partial charge in [-0.25, -0.2) is 9.97 Å². The van der Waals surface area contributed by atoms with Crippen LogP contribution in [0, 0.1) is 0 Å². The van der Waals surface area contributed by atoms with Crippen LogP contribution in [-0.4, -0.2) is 20.4 Å². The molecule has 4 rings (SSSR count). The number of carbonyl (C=O) groups excluding carboxylic acids is 1. The number of carbonyl (C=O) groups is 1. The highest BCUT2D eigenvalue weighted by atomic mass is 79.9. The molecule has 0 aliphatic rings. The molecule has 0 radical (unpaired) electrons. The topological polar surface area (TPSA) is 59.8 Å². The minimum absolute atomic E-state index is 0.0499. The molecule has 0 aliphatic carbocycles. The van der Waals surface area contributed by atoms with Gasteiger partial charge in [0.2, 0.25) is 5.91 Å². The maximum Gasteiger partial charge on any atom is 0.220 e. The number of halogens is 1. The molecule has 0 bridgehead atoms. The second kappa shape index (κ2) is 8.35. The van der Waals surface area contributed by atoms with E-state index in [4.69, 9.17) is 0 Å². The Hall–Kier alpha value is -2.99. The van der Waals surface area contributed by atoms with Gasteiger partial charge in [0.15, 0.2) is 5.65 Å². The molecule has 0 atom stereocenters. The van der Waals surface area contributed by atoms with Gasteiger partial charge in [-0.2, -0.15) is 0 Å². The Kier molecular flexibility index (Phi) is 5.48. The normalized spacial score (nSPS) is 10.9. The van der Waals surface area contributed by atoms with Gasteiger partial charge in [0.1, 0.15) is 11.8 Å². The number of pyridine rings is 1. The minimum atomic E-state index is 0.0499. The molecule has 0 unspecified atom stereocenters. The van der Waals surface area contributed by atoms with Gasteiger partial charge in [-0.1, -0.05) is 40.2 Å². The Labute approximate surface area is 171 Å². The predicted molar refractivity (Wildman–Crippen MR) is 113 cm³/mol. The zero-order valence-electron chi connectivity index (χ0n) is 15.2. The summed E-state index contributed by atoms with van der Waals surface area (Å²) in [5, 5.41) is 2.97. The number of imidazole rings is 1. The number of nitrogens with zero attached hydrogens (tertiary/aromatic N) is 3. The molecular formula is C22H19BrN4O. The molecule has 140 valence electrons. The number of hydrogen-bond donors (Lipinski definition) is 1. The molecular weight excluding hydrogens is 416 g/mol. The first kappa shape index (κ1) is 18.4. The molecule has 0 saturated heterocycles. The average molecular weight is 435 g/mol. The van der Waals surface area contributed by atoms with Crippen LogP contribution < -0.4 is 5.32 Å². The number of aromatic nitrogens is 3. The number of rotatable bonds is 6. The third kappa shape index (κ3) is 4.28. The summed E-state index contributed by atoms with van der Waals surface area (Å²) < 4.78 is 2.98. The third-order valence-corrected chi connectivity index (χ3v) is 5.03. The summed E-state index contributed by atoms with van der Waals surface area (Å²) in [6.07, 6.45) is 4.71. The van der Waals surface area contributed by atoms with Crippen molar-refractivity contribution >= 4 is 33.0 Å². The zero-order chi connectivity index (χ0) is 19.3. The van der Waals surface area contributed by atoms with E-state index in [0.717, 1.165) is 32.5 Å². The third-order valence-electron chi connectivity index (χ3n) is 4.54. The van der Waals surface area contributed by atoms with Crippen LogP contribution in [0.1, 0.15) is 17.5 Å². The summed E-state index contributed by atoms with van der Waals surface area (Å²) in [6.45, 7) is 0.540. The van der Waals surface area contributed by atoms with E-state index in [0.29, 0.717) is 19.4 Å². The fraction of sp³-hybridized carbons (Fsp3) is 0.136. The highest BCUT2D eigenvalue weighted by Crippen LogP contribution is 2.17. The monoisotopic (exact) mass is 434 g/mol. The summed E-state index contributed by atoms with van der Waals surface area (Å²) in [7, 11) is 0. The quantitative estimate of drug-likeness (QED) is 0.488. The minimum Gasteiger partial charge on any atom is -0.352 e. The van der Waals surface area contributed by atoms with Gasteiger partial charge in [-0.05, 0) is 53.9 Å². The Bertz CT molecular complexity index is 1100. The van der Waals surface area contributed by atoms with Crippen molar-refractivity contribution < 1.29 is 4.79 Å². The van der Waals surface area contributed by atoms with Gasteiger partial charge in [-0.15, -0.1) is 0 Å². The van der Waals surface area contributed by atoms with E-state index in [-0.39, 0.29) is 5.91 Å². The van der Waals surface area contributed by atoms with E-state index in [1.165, 1.54) is 0 Å². The van der Waals surface area contributed by atoms with Crippen molar-refractivity contribution in [2.24, 2.45) is 0 Å². The van der Waals surface area contributed by atoms with Crippen molar-refractivity contribution in [3.05, 3.63) is 88.8 Å². The van der Waals surface area contributed by atoms with Crippen molar-refractivity contribution in [3.63, 3.8) is 0 Å². The standard InChI is InChI=1S/C22H19BrN4O/c23-18-4-1-3-17(13-18)14-25-21(28)11-8-16-6-9-19(10-7-16)27-15-26-20-5-2-12-24-22(20)27/h1-7,9-10,12-13,15H,8,11,14H2,(H,25,28). The van der Waals surface area contributed by atoms with Gasteiger partial charge in [0.05, 0.1) is 0 Å². The molecule has 2 aromatic heterocycles. The van der Waals surface area contributed by atoms with Crippen LogP contribution in [0.3, 0.4) is 0 Å². The number of fused-ring (bicyclic) bond motifs is 1. The number of amides is 1. The van der Waals surface area contributed by atoms with Crippen molar-refractivity contribution in [1.82, 2.24) is 19.9 Å². The van der Waals surface area contributed by atoms with Gasteiger partial charge in [0, 0.05) is 29.3 Å². The Morgan fingerprint density at radius 2 is 1.86 bits per heavy atom. The molecule has 1 amide bonds. The van der Waals surface area contributed by atoms with Crippen molar-refractivity contribution in [3.8, 4) is 5.69 Å². The predicted octanol–water partition coefficient (Wildman–Crippen LogP) is 4.43. The summed E-state index contributed by atoms with van der Waals surface area (Å²) >= 11 is 3.44. The van der Waals surface area contributed by atoms with E-state index >= 15 is 0 Å². The molecule has 2 heterocycles. The second-order valence-corrected chi connectivity index (χ2v) is 7.45. The molecule has 4 aromatic rings. The van der Waals surface area contributed by atoms with Gasteiger partial charge < -0.3 is 5.32 Å². The molecule has 0 aliphatic heterocycles. The highest BCUT2D eigenvalue weighted by Gasteiger charge is 2.06. The lowest BCUT2D eigenvalue weighted by Gasteiger charge is -2.07. The SMILES string of the molecule is O=C(CCc1ccc(-n2cnc3cccnc32)cc1)NCc1cccc(Br)c1. The molecule has 0 saturated carbocycles. The fourth-order valence-electron chi connectivity index (χ4n) is 3.06. The van der Waals surface area contributed by atoms with Crippen LogP contribution in [0.15, 0.2) is 77.7 Å². The average Bonchev–Trinajstić information content (AvgIpc) is 3.15. The Morgan fingerprint density at radius 1 is 1.00 bits per heavy atom. The van der Waals surface area contributed by atoms with Crippen molar-refractivity contribution in [1.29, 1.82) is 0 Å². The van der Waals surface area contributed by atoms with Crippen LogP contribution in [0.5, 0.6) is 0 Å². The van der Waals surface area contributed by atoms with Crippen LogP contribution in [0.25, 0.3) is 16.9 Å². The molecule has 6 heteroatoms. The summed E-state index contributed by atoms with van der Waals surface area (Å²) in [5.74, 6) is 0.0499. The summed E-state index contributed by atoms with van der Waals surface area (Å²) in [5.41, 5.74) is 4.91. The van der Waals surface area contributed by atoms with Crippen LogP contribution >= 0.6 is 15.9 Å². The first-order valence-corrected chi connectivity index (χ1v) is 9.87. The van der Waals surface area contributed by atoms with Gasteiger partial charge in [-0.3, -0.25) is 9.36 Å². The van der Waals surface area contributed by atoms with Crippen LogP contribution in [0.4, 0.5) is 0 Å². The lowest BCUT2D eigenvalue weighted by molar-refractivity contribution is -0.121. The number of aryl methyl sites for hydroxylation is 1. The number of benzene rings is 2. The molecule has 0 spiro atoms. The van der Waals surface area contributed by atoms with Crippen molar-refractivity contribution in [2.75, 3.05) is 0 Å². The zero-order valence-corrected chi connectivity index (χ0v) is 16.8. The van der Waals surface area contributed by atoms with E-state index < -0.39 is 0 Å². The highest BCUT2D eigenvalue weighted by molar-refractivity contribution is 9.10. The summed E-state index contributed by atoms with van der Waals surface area (Å²) in [4.78, 5) is 20.9. The molecule has 28 heavy (non-hydrogen) atoms. The molecule has 1 N–H and O–H groups in total. The maximum absolute atomic E-state index is 12.1. The number of hydrogen-bond acceptors (Lipinski definition) is 3. The van der Waals surface area contributed by atoms with E-state index in [1.54, 1.807) is 12.5 Å².